The zero-order chi connectivity index (χ0) is 17.0. The molecule has 0 unspecified atom stereocenters. The largest absolute Gasteiger partial charge is 0.478 e. The summed E-state index contributed by atoms with van der Waals surface area (Å²) in [5.74, 6) is -0.967. The Morgan fingerprint density at radius 1 is 1.22 bits per heavy atom. The number of hydrogen-bond acceptors (Lipinski definition) is 3. The fourth-order valence-corrected chi connectivity index (χ4v) is 2.82. The highest BCUT2D eigenvalue weighted by molar-refractivity contribution is 6.34. The third-order valence-electron chi connectivity index (χ3n) is 3.47. The van der Waals surface area contributed by atoms with Gasteiger partial charge in [0.05, 0.1) is 16.3 Å². The van der Waals surface area contributed by atoms with Gasteiger partial charge >= 0.3 is 5.97 Å². The molecule has 23 heavy (non-hydrogen) atoms. The first-order chi connectivity index (χ1) is 10.9. The van der Waals surface area contributed by atoms with Gasteiger partial charge in [-0.3, -0.25) is 4.79 Å². The molecule has 0 aliphatic rings. The van der Waals surface area contributed by atoms with Crippen molar-refractivity contribution in [2.45, 2.75) is 19.5 Å². The van der Waals surface area contributed by atoms with E-state index < -0.39 is 5.97 Å². The molecule has 7 heteroatoms. The first-order valence-corrected chi connectivity index (χ1v) is 7.74. The number of carboxylic acids is 1. The van der Waals surface area contributed by atoms with Crippen LogP contribution in [0.4, 0.5) is 0 Å². The molecule has 0 atom stereocenters. The smallest absolute Gasteiger partial charge is 0.335 e. The predicted molar refractivity (Wildman–Crippen MR) is 90.6 cm³/mol. The van der Waals surface area contributed by atoms with Crippen LogP contribution in [0.15, 0.2) is 35.1 Å². The summed E-state index contributed by atoms with van der Waals surface area (Å²) >= 11 is 12.1. The van der Waals surface area contributed by atoms with Crippen LogP contribution in [0, 0.1) is 0 Å². The van der Waals surface area contributed by atoms with E-state index in [9.17, 15) is 9.59 Å². The highest BCUT2D eigenvalue weighted by Gasteiger charge is 2.12. The van der Waals surface area contributed by atoms with E-state index in [0.717, 1.165) is 5.56 Å². The van der Waals surface area contributed by atoms with Crippen molar-refractivity contribution >= 4 is 29.2 Å². The summed E-state index contributed by atoms with van der Waals surface area (Å²) in [6, 6.07) is 8.01. The van der Waals surface area contributed by atoms with E-state index in [2.05, 4.69) is 5.32 Å². The van der Waals surface area contributed by atoms with Gasteiger partial charge in [-0.1, -0.05) is 35.3 Å². The number of carboxylic acid groups (broad SMARTS) is 1. The molecule has 0 bridgehead atoms. The molecule has 0 amide bonds. The summed E-state index contributed by atoms with van der Waals surface area (Å²) in [4.78, 5) is 23.1. The van der Waals surface area contributed by atoms with E-state index in [1.54, 1.807) is 35.9 Å². The monoisotopic (exact) mass is 354 g/mol. The molecule has 2 rings (SSSR count). The van der Waals surface area contributed by atoms with Crippen LogP contribution >= 0.6 is 23.2 Å². The van der Waals surface area contributed by atoms with Gasteiger partial charge < -0.3 is 15.0 Å². The molecule has 0 radical (unpaired) electrons. The topological polar surface area (TPSA) is 71.3 Å². The number of halogens is 2. The molecule has 2 N–H and O–H groups in total. The molecular weight excluding hydrogens is 339 g/mol. The van der Waals surface area contributed by atoms with Crippen molar-refractivity contribution in [3.05, 3.63) is 67.6 Å². The summed E-state index contributed by atoms with van der Waals surface area (Å²) in [5, 5.41) is 12.4. The van der Waals surface area contributed by atoms with E-state index >= 15 is 0 Å². The maximum atomic E-state index is 12.2. The number of carbonyl (C=O) groups is 1. The second-order valence-electron chi connectivity index (χ2n) is 5.03. The maximum absolute atomic E-state index is 12.2. The third kappa shape index (κ3) is 4.13. The number of aromatic nitrogens is 1. The highest BCUT2D eigenvalue weighted by Crippen LogP contribution is 2.18. The van der Waals surface area contributed by atoms with E-state index in [1.165, 1.54) is 6.07 Å². The number of benzene rings is 1. The van der Waals surface area contributed by atoms with Gasteiger partial charge in [-0.15, -0.1) is 0 Å². The predicted octanol–water partition coefficient (Wildman–Crippen LogP) is 2.82. The average Bonchev–Trinajstić information content (AvgIpc) is 2.52. The fourth-order valence-electron chi connectivity index (χ4n) is 2.28. The van der Waals surface area contributed by atoms with E-state index in [0.29, 0.717) is 30.2 Å². The SMILES string of the molecule is CNCc1c(Cl)cc(Cl)c(=O)n1CCc1ccc(C(=O)O)cc1. The van der Waals surface area contributed by atoms with Crippen molar-refractivity contribution in [3.63, 3.8) is 0 Å². The maximum Gasteiger partial charge on any atom is 0.335 e. The number of aromatic carboxylic acids is 1. The van der Waals surface area contributed by atoms with Gasteiger partial charge in [0.15, 0.2) is 0 Å². The molecular formula is C16H16Cl2N2O3. The first-order valence-electron chi connectivity index (χ1n) is 6.98. The van der Waals surface area contributed by atoms with Crippen molar-refractivity contribution in [1.82, 2.24) is 9.88 Å². The minimum absolute atomic E-state index is 0.0797. The number of rotatable bonds is 6. The van der Waals surface area contributed by atoms with Crippen LogP contribution in [0.5, 0.6) is 0 Å². The molecule has 1 heterocycles. The molecule has 0 fully saturated rings. The number of pyridine rings is 1. The van der Waals surface area contributed by atoms with Crippen LogP contribution in [-0.2, 0) is 19.5 Å². The van der Waals surface area contributed by atoms with Gasteiger partial charge in [-0.2, -0.15) is 0 Å². The van der Waals surface area contributed by atoms with Crippen LogP contribution in [-0.4, -0.2) is 22.7 Å². The molecule has 0 spiro atoms. The summed E-state index contributed by atoms with van der Waals surface area (Å²) in [7, 11) is 1.77. The molecule has 0 saturated carbocycles. The number of aryl methyl sites for hydroxylation is 1. The van der Waals surface area contributed by atoms with Gasteiger partial charge in [0.2, 0.25) is 0 Å². The minimum atomic E-state index is -0.967. The van der Waals surface area contributed by atoms with Crippen LogP contribution in [0.2, 0.25) is 10.0 Å². The average molecular weight is 355 g/mol. The van der Waals surface area contributed by atoms with Gasteiger partial charge in [-0.25, -0.2) is 4.79 Å². The Kier molecular flexibility index (Phi) is 5.82. The van der Waals surface area contributed by atoms with E-state index in [-0.39, 0.29) is 16.1 Å². The summed E-state index contributed by atoms with van der Waals surface area (Å²) < 4.78 is 1.55. The van der Waals surface area contributed by atoms with Crippen LogP contribution in [0.3, 0.4) is 0 Å². The normalized spacial score (nSPS) is 10.7. The second-order valence-corrected chi connectivity index (χ2v) is 5.84. The Hall–Kier alpha value is -1.82. The van der Waals surface area contributed by atoms with Crippen molar-refractivity contribution in [2.24, 2.45) is 0 Å². The fraction of sp³-hybridized carbons (Fsp3) is 0.250. The molecule has 1 aromatic heterocycles. The molecule has 0 aliphatic carbocycles. The van der Waals surface area contributed by atoms with Gasteiger partial charge in [0.1, 0.15) is 5.02 Å². The molecule has 1 aromatic carbocycles. The summed E-state index contributed by atoms with van der Waals surface area (Å²) in [6.45, 7) is 0.853. The quantitative estimate of drug-likeness (QED) is 0.836. The number of nitrogens with zero attached hydrogens (tertiary/aromatic N) is 1. The zero-order valence-corrected chi connectivity index (χ0v) is 14.0. The minimum Gasteiger partial charge on any atom is -0.478 e. The Balaban J connectivity index is 2.25. The lowest BCUT2D eigenvalue weighted by atomic mass is 10.1. The third-order valence-corrected chi connectivity index (χ3v) is 4.07. The van der Waals surface area contributed by atoms with E-state index in [4.69, 9.17) is 28.3 Å². The lowest BCUT2D eigenvalue weighted by Gasteiger charge is -2.15. The lowest BCUT2D eigenvalue weighted by molar-refractivity contribution is 0.0697. The second kappa shape index (κ2) is 7.64. The van der Waals surface area contributed by atoms with E-state index in [1.807, 2.05) is 0 Å². The van der Waals surface area contributed by atoms with Crippen molar-refractivity contribution in [1.29, 1.82) is 0 Å². The lowest BCUT2D eigenvalue weighted by Crippen LogP contribution is -2.27. The Bertz CT molecular complexity index is 770. The Labute approximate surface area is 143 Å². The zero-order valence-electron chi connectivity index (χ0n) is 12.5. The van der Waals surface area contributed by atoms with Crippen molar-refractivity contribution in [3.8, 4) is 0 Å². The van der Waals surface area contributed by atoms with Crippen LogP contribution in [0.1, 0.15) is 21.6 Å². The Morgan fingerprint density at radius 3 is 2.43 bits per heavy atom. The van der Waals surface area contributed by atoms with Crippen LogP contribution in [0.25, 0.3) is 0 Å². The van der Waals surface area contributed by atoms with Crippen molar-refractivity contribution in [2.75, 3.05) is 7.05 Å². The molecule has 0 saturated heterocycles. The van der Waals surface area contributed by atoms with Gasteiger partial charge in [0.25, 0.3) is 5.56 Å². The standard InChI is InChI=1S/C16H16Cl2N2O3/c1-19-9-14-12(17)8-13(18)15(21)20(14)7-6-10-2-4-11(5-3-10)16(22)23/h2-5,8,19H,6-7,9H2,1H3,(H,22,23). The summed E-state index contributed by atoms with van der Waals surface area (Å²) in [5.41, 5.74) is 1.54. The molecule has 5 nitrogen and oxygen atoms in total. The molecule has 2 aromatic rings. The molecule has 0 aliphatic heterocycles. The first kappa shape index (κ1) is 17.5. The van der Waals surface area contributed by atoms with Crippen LogP contribution < -0.4 is 10.9 Å². The van der Waals surface area contributed by atoms with Gasteiger partial charge in [-0.05, 0) is 37.2 Å². The number of hydrogen-bond donors (Lipinski definition) is 2. The summed E-state index contributed by atoms with van der Waals surface area (Å²) in [6.07, 6.45) is 0.563. The number of nitrogens with one attached hydrogen (secondary N) is 1. The Morgan fingerprint density at radius 2 is 1.87 bits per heavy atom. The van der Waals surface area contributed by atoms with Gasteiger partial charge in [0, 0.05) is 13.1 Å². The molecule has 122 valence electrons. The van der Waals surface area contributed by atoms with Crippen molar-refractivity contribution < 1.29 is 9.90 Å². The highest BCUT2D eigenvalue weighted by atomic mass is 35.5.